The number of rotatable bonds is 1. The van der Waals surface area contributed by atoms with Crippen LogP contribution in [0.4, 0.5) is 13.2 Å². The number of nitrogens with zero attached hydrogens (tertiary/aromatic N) is 3. The molecule has 2 rings (SSSR count). The molecule has 0 radical (unpaired) electrons. The summed E-state index contributed by atoms with van der Waals surface area (Å²) >= 11 is 0. The number of hydrogen-bond acceptors (Lipinski definition) is 3. The second-order valence-corrected chi connectivity index (χ2v) is 3.92. The molecule has 18 heavy (non-hydrogen) atoms. The molecule has 2 aromatic rings. The predicted molar refractivity (Wildman–Crippen MR) is 59.7 cm³/mol. The van der Waals surface area contributed by atoms with Crippen LogP contribution in [0.15, 0.2) is 24.5 Å². The van der Waals surface area contributed by atoms with Gasteiger partial charge in [0.15, 0.2) is 0 Å². The maximum atomic E-state index is 12.6. The monoisotopic (exact) mass is 253 g/mol. The van der Waals surface area contributed by atoms with E-state index in [4.69, 9.17) is 0 Å². The second-order valence-electron chi connectivity index (χ2n) is 3.92. The van der Waals surface area contributed by atoms with Crippen LogP contribution in [0.2, 0.25) is 0 Å². The van der Waals surface area contributed by atoms with Gasteiger partial charge in [-0.3, -0.25) is 9.97 Å². The first-order valence-electron chi connectivity index (χ1n) is 5.21. The topological polar surface area (TPSA) is 38.7 Å². The molecule has 0 aliphatic carbocycles. The van der Waals surface area contributed by atoms with Gasteiger partial charge in [-0.2, -0.15) is 13.2 Å². The Morgan fingerprint density at radius 2 is 1.67 bits per heavy atom. The van der Waals surface area contributed by atoms with Crippen molar-refractivity contribution in [1.82, 2.24) is 15.0 Å². The Morgan fingerprint density at radius 1 is 0.944 bits per heavy atom. The van der Waals surface area contributed by atoms with Crippen molar-refractivity contribution < 1.29 is 13.2 Å². The lowest BCUT2D eigenvalue weighted by molar-refractivity contribution is -0.141. The van der Waals surface area contributed by atoms with Crippen LogP contribution in [-0.4, -0.2) is 15.0 Å². The van der Waals surface area contributed by atoms with E-state index in [-0.39, 0.29) is 0 Å². The second kappa shape index (κ2) is 4.36. The highest BCUT2D eigenvalue weighted by Gasteiger charge is 2.33. The zero-order valence-corrected chi connectivity index (χ0v) is 9.78. The molecule has 0 aromatic carbocycles. The van der Waals surface area contributed by atoms with Gasteiger partial charge >= 0.3 is 6.18 Å². The quantitative estimate of drug-likeness (QED) is 0.783. The Hall–Kier alpha value is -1.98. The summed E-state index contributed by atoms with van der Waals surface area (Å²) in [5, 5.41) is 0. The molecule has 2 aromatic heterocycles. The van der Waals surface area contributed by atoms with E-state index in [9.17, 15) is 13.2 Å². The van der Waals surface area contributed by atoms with Gasteiger partial charge in [-0.1, -0.05) is 0 Å². The van der Waals surface area contributed by atoms with Crippen LogP contribution in [-0.2, 0) is 6.18 Å². The first-order valence-corrected chi connectivity index (χ1v) is 5.21. The lowest BCUT2D eigenvalue weighted by Gasteiger charge is -2.09. The Balaban J connectivity index is 2.52. The van der Waals surface area contributed by atoms with Gasteiger partial charge in [0.2, 0.25) is 0 Å². The molecule has 0 aliphatic heterocycles. The molecule has 2 heterocycles. The average Bonchev–Trinajstić information content (AvgIpc) is 2.28. The fraction of sp³-hybridized carbons (Fsp3) is 0.250. The van der Waals surface area contributed by atoms with Crippen LogP contribution in [0.3, 0.4) is 0 Å². The van der Waals surface area contributed by atoms with Crippen molar-refractivity contribution in [3.63, 3.8) is 0 Å². The molecule has 0 bridgehead atoms. The first-order chi connectivity index (χ1) is 8.36. The Kier molecular flexibility index (Phi) is 3.02. The Labute approximate surface area is 102 Å². The van der Waals surface area contributed by atoms with Crippen LogP contribution >= 0.6 is 0 Å². The highest BCUT2D eigenvalue weighted by Crippen LogP contribution is 2.30. The van der Waals surface area contributed by atoms with Gasteiger partial charge in [0, 0.05) is 17.5 Å². The van der Waals surface area contributed by atoms with Crippen molar-refractivity contribution in [3.8, 4) is 11.3 Å². The van der Waals surface area contributed by atoms with Crippen LogP contribution in [0.1, 0.15) is 17.1 Å². The van der Waals surface area contributed by atoms with Crippen molar-refractivity contribution >= 4 is 0 Å². The molecule has 0 unspecified atom stereocenters. The van der Waals surface area contributed by atoms with Gasteiger partial charge in [-0.05, 0) is 26.0 Å². The molecule has 0 saturated carbocycles. The minimum absolute atomic E-state index is 0.294. The van der Waals surface area contributed by atoms with Crippen molar-refractivity contribution in [2.45, 2.75) is 20.0 Å². The molecule has 94 valence electrons. The number of alkyl halides is 3. The average molecular weight is 253 g/mol. The molecule has 0 N–H and O–H groups in total. The van der Waals surface area contributed by atoms with Gasteiger partial charge in [0.25, 0.3) is 0 Å². The van der Waals surface area contributed by atoms with E-state index in [1.165, 1.54) is 19.3 Å². The van der Waals surface area contributed by atoms with E-state index in [2.05, 4.69) is 15.0 Å². The zero-order valence-electron chi connectivity index (χ0n) is 9.78. The highest BCUT2D eigenvalue weighted by atomic mass is 19.4. The van der Waals surface area contributed by atoms with E-state index >= 15 is 0 Å². The molecule has 0 saturated heterocycles. The van der Waals surface area contributed by atoms with Crippen molar-refractivity contribution in [1.29, 1.82) is 0 Å². The minimum atomic E-state index is -4.46. The van der Waals surface area contributed by atoms with Gasteiger partial charge in [0.05, 0.1) is 17.6 Å². The summed E-state index contributed by atoms with van der Waals surface area (Å²) in [6, 6.07) is 2.53. The molecule has 0 amide bonds. The molecule has 0 aliphatic rings. The lowest BCUT2D eigenvalue weighted by Crippen LogP contribution is -2.09. The third-order valence-electron chi connectivity index (χ3n) is 2.32. The predicted octanol–water partition coefficient (Wildman–Crippen LogP) is 3.17. The van der Waals surface area contributed by atoms with E-state index < -0.39 is 11.9 Å². The third kappa shape index (κ3) is 2.64. The number of pyridine rings is 1. The van der Waals surface area contributed by atoms with E-state index in [1.54, 1.807) is 13.0 Å². The number of halogens is 3. The van der Waals surface area contributed by atoms with E-state index in [0.717, 1.165) is 6.07 Å². The number of hydrogen-bond donors (Lipinski definition) is 0. The zero-order chi connectivity index (χ0) is 13.3. The minimum Gasteiger partial charge on any atom is -0.258 e. The number of aryl methyl sites for hydroxylation is 2. The molecule has 6 heteroatoms. The summed E-state index contributed by atoms with van der Waals surface area (Å²) in [5.41, 5.74) is 0.849. The first kappa shape index (κ1) is 12.5. The van der Waals surface area contributed by atoms with Gasteiger partial charge in [-0.15, -0.1) is 0 Å². The van der Waals surface area contributed by atoms with Crippen molar-refractivity contribution in [2.24, 2.45) is 0 Å². The summed E-state index contributed by atoms with van der Waals surface area (Å²) < 4.78 is 37.9. The van der Waals surface area contributed by atoms with Gasteiger partial charge < -0.3 is 0 Å². The molecule has 3 nitrogen and oxygen atoms in total. The van der Waals surface area contributed by atoms with Crippen LogP contribution < -0.4 is 0 Å². The SMILES string of the molecule is Cc1cnc(-c2cc(C)nc(C(F)(F)F)c2)cn1. The van der Waals surface area contributed by atoms with Gasteiger partial charge in [-0.25, -0.2) is 4.98 Å². The summed E-state index contributed by atoms with van der Waals surface area (Å²) in [6.45, 7) is 3.27. The summed E-state index contributed by atoms with van der Waals surface area (Å²) in [7, 11) is 0. The smallest absolute Gasteiger partial charge is 0.258 e. The van der Waals surface area contributed by atoms with Crippen LogP contribution in [0.5, 0.6) is 0 Å². The number of aromatic nitrogens is 3. The Morgan fingerprint density at radius 3 is 2.22 bits per heavy atom. The molecular weight excluding hydrogens is 243 g/mol. The molecule has 0 fully saturated rings. The Bertz CT molecular complexity index is 562. The van der Waals surface area contributed by atoms with E-state index in [1.807, 2.05) is 0 Å². The fourth-order valence-corrected chi connectivity index (χ4v) is 1.50. The summed E-state index contributed by atoms with van der Waals surface area (Å²) in [5.74, 6) is 0. The molecular formula is C12H10F3N3. The van der Waals surface area contributed by atoms with Crippen LogP contribution in [0, 0.1) is 13.8 Å². The standard InChI is InChI=1S/C12H10F3N3/c1-7-3-9(4-11(18-7)12(13,14)15)10-6-16-8(2)5-17-10/h3-6H,1-2H3. The van der Waals surface area contributed by atoms with Gasteiger partial charge in [0.1, 0.15) is 5.69 Å². The normalized spacial score (nSPS) is 11.6. The molecule has 0 atom stereocenters. The largest absolute Gasteiger partial charge is 0.433 e. The maximum Gasteiger partial charge on any atom is 0.433 e. The van der Waals surface area contributed by atoms with E-state index in [0.29, 0.717) is 22.6 Å². The third-order valence-corrected chi connectivity index (χ3v) is 2.32. The summed E-state index contributed by atoms with van der Waals surface area (Å²) in [4.78, 5) is 11.5. The van der Waals surface area contributed by atoms with Crippen molar-refractivity contribution in [2.75, 3.05) is 0 Å². The highest BCUT2D eigenvalue weighted by molar-refractivity contribution is 5.59. The van der Waals surface area contributed by atoms with Crippen LogP contribution in [0.25, 0.3) is 11.3 Å². The fourth-order valence-electron chi connectivity index (χ4n) is 1.50. The summed E-state index contributed by atoms with van der Waals surface area (Å²) in [6.07, 6.45) is -1.50. The maximum absolute atomic E-state index is 12.6. The lowest BCUT2D eigenvalue weighted by atomic mass is 10.1. The van der Waals surface area contributed by atoms with Crippen molar-refractivity contribution in [3.05, 3.63) is 41.6 Å². The molecule has 0 spiro atoms.